The summed E-state index contributed by atoms with van der Waals surface area (Å²) in [5, 5.41) is 5.46. The Balaban J connectivity index is 1.47. The molecule has 0 N–H and O–H groups in total. The van der Waals surface area contributed by atoms with E-state index >= 15 is 0 Å². The standard InChI is InChI=1S/C21H20N4O2S2/c1-12(18-22-17(24-27-18)13-8-4-3-5-9-13)28-21-23-19-16(20(26)25(21)2)14-10-6-7-11-15(14)29-19/h3-5,8-9,12H,6-7,10-11H2,1-2H3. The van der Waals surface area contributed by atoms with Gasteiger partial charge < -0.3 is 4.52 Å². The van der Waals surface area contributed by atoms with Crippen molar-refractivity contribution in [3.63, 3.8) is 0 Å². The molecule has 6 nitrogen and oxygen atoms in total. The normalized spacial score (nSPS) is 14.8. The highest BCUT2D eigenvalue weighted by atomic mass is 32.2. The fraction of sp³-hybridized carbons (Fsp3) is 0.333. The molecule has 0 saturated carbocycles. The summed E-state index contributed by atoms with van der Waals surface area (Å²) in [4.78, 5) is 24.6. The number of benzene rings is 1. The molecule has 4 aromatic rings. The summed E-state index contributed by atoms with van der Waals surface area (Å²) >= 11 is 3.14. The predicted molar refractivity (Wildman–Crippen MR) is 116 cm³/mol. The van der Waals surface area contributed by atoms with Crippen LogP contribution in [0.25, 0.3) is 21.6 Å². The largest absolute Gasteiger partial charge is 0.338 e. The van der Waals surface area contributed by atoms with Crippen LogP contribution in [0.5, 0.6) is 0 Å². The molecule has 3 aromatic heterocycles. The van der Waals surface area contributed by atoms with Gasteiger partial charge in [-0.3, -0.25) is 9.36 Å². The quantitative estimate of drug-likeness (QED) is 0.347. The lowest BCUT2D eigenvalue weighted by Gasteiger charge is -2.11. The molecule has 1 aromatic carbocycles. The van der Waals surface area contributed by atoms with E-state index in [1.54, 1.807) is 23.0 Å². The molecule has 1 aliphatic carbocycles. The van der Waals surface area contributed by atoms with E-state index in [1.165, 1.54) is 28.6 Å². The van der Waals surface area contributed by atoms with Gasteiger partial charge in [-0.05, 0) is 38.2 Å². The van der Waals surface area contributed by atoms with Gasteiger partial charge in [0, 0.05) is 17.5 Å². The number of nitrogens with zero attached hydrogens (tertiary/aromatic N) is 4. The van der Waals surface area contributed by atoms with Crippen molar-refractivity contribution in [2.75, 3.05) is 0 Å². The van der Waals surface area contributed by atoms with Gasteiger partial charge in [0.1, 0.15) is 4.83 Å². The van der Waals surface area contributed by atoms with E-state index < -0.39 is 0 Å². The molecule has 29 heavy (non-hydrogen) atoms. The van der Waals surface area contributed by atoms with Gasteiger partial charge in [-0.1, -0.05) is 47.3 Å². The SMILES string of the molecule is CC(Sc1nc2sc3c(c2c(=O)n1C)CCCC3)c1nc(-c2ccccc2)no1. The number of hydrogen-bond donors (Lipinski definition) is 0. The summed E-state index contributed by atoms with van der Waals surface area (Å²) in [6.45, 7) is 1.99. The van der Waals surface area contributed by atoms with Crippen LogP contribution in [0.1, 0.15) is 41.3 Å². The van der Waals surface area contributed by atoms with Crippen molar-refractivity contribution in [2.45, 2.75) is 43.0 Å². The van der Waals surface area contributed by atoms with E-state index in [0.717, 1.165) is 35.0 Å². The predicted octanol–water partition coefficient (Wildman–Crippen LogP) is 4.78. The third-order valence-corrected chi connectivity index (χ3v) is 7.58. The zero-order chi connectivity index (χ0) is 20.0. The minimum atomic E-state index is -0.120. The highest BCUT2D eigenvalue weighted by Gasteiger charge is 2.23. The lowest BCUT2D eigenvalue weighted by molar-refractivity contribution is 0.380. The van der Waals surface area contributed by atoms with Crippen LogP contribution in [0.2, 0.25) is 0 Å². The van der Waals surface area contributed by atoms with Gasteiger partial charge in [-0.15, -0.1) is 11.3 Å². The average molecular weight is 425 g/mol. The van der Waals surface area contributed by atoms with Crippen molar-refractivity contribution in [3.8, 4) is 11.4 Å². The summed E-state index contributed by atoms with van der Waals surface area (Å²) in [6, 6.07) is 9.74. The Labute approximate surface area is 176 Å². The summed E-state index contributed by atoms with van der Waals surface area (Å²) in [5.41, 5.74) is 2.17. The molecule has 5 rings (SSSR count). The van der Waals surface area contributed by atoms with Crippen LogP contribution in [0.4, 0.5) is 0 Å². The zero-order valence-corrected chi connectivity index (χ0v) is 17.8. The van der Waals surface area contributed by atoms with Gasteiger partial charge in [0.2, 0.25) is 11.7 Å². The van der Waals surface area contributed by atoms with Crippen LogP contribution < -0.4 is 5.56 Å². The first-order valence-corrected chi connectivity index (χ1v) is 11.4. The van der Waals surface area contributed by atoms with Gasteiger partial charge >= 0.3 is 0 Å². The topological polar surface area (TPSA) is 73.8 Å². The second-order valence-corrected chi connectivity index (χ2v) is 9.62. The average Bonchev–Trinajstić information content (AvgIpc) is 3.37. The molecule has 0 saturated heterocycles. The first-order valence-electron chi connectivity index (χ1n) is 9.69. The molecule has 0 aliphatic heterocycles. The molecule has 0 radical (unpaired) electrons. The van der Waals surface area contributed by atoms with Gasteiger partial charge in [-0.2, -0.15) is 4.98 Å². The smallest absolute Gasteiger partial charge is 0.262 e. The first-order chi connectivity index (χ1) is 14.1. The van der Waals surface area contributed by atoms with E-state index in [-0.39, 0.29) is 10.8 Å². The molecule has 0 amide bonds. The molecule has 3 heterocycles. The van der Waals surface area contributed by atoms with Crippen LogP contribution in [-0.4, -0.2) is 19.7 Å². The minimum absolute atomic E-state index is 0.0413. The molecule has 0 spiro atoms. The Hall–Kier alpha value is -2.45. The fourth-order valence-electron chi connectivity index (χ4n) is 3.69. The molecule has 1 unspecified atom stereocenters. The van der Waals surface area contributed by atoms with E-state index in [2.05, 4.69) is 10.1 Å². The Morgan fingerprint density at radius 1 is 1.17 bits per heavy atom. The number of thioether (sulfide) groups is 1. The number of rotatable bonds is 4. The van der Waals surface area contributed by atoms with Crippen LogP contribution in [0.3, 0.4) is 0 Å². The summed E-state index contributed by atoms with van der Waals surface area (Å²) in [6.07, 6.45) is 4.39. The molecule has 8 heteroatoms. The van der Waals surface area contributed by atoms with Gasteiger partial charge in [0.25, 0.3) is 5.56 Å². The van der Waals surface area contributed by atoms with Crippen LogP contribution in [-0.2, 0) is 19.9 Å². The van der Waals surface area contributed by atoms with E-state index in [1.807, 2.05) is 37.3 Å². The van der Waals surface area contributed by atoms with E-state index in [4.69, 9.17) is 9.51 Å². The molecular weight excluding hydrogens is 404 g/mol. The van der Waals surface area contributed by atoms with Crippen molar-refractivity contribution in [3.05, 3.63) is 57.0 Å². The Morgan fingerprint density at radius 2 is 1.97 bits per heavy atom. The molecule has 1 atom stereocenters. The van der Waals surface area contributed by atoms with Crippen LogP contribution in [0.15, 0.2) is 44.8 Å². The minimum Gasteiger partial charge on any atom is -0.338 e. The monoisotopic (exact) mass is 424 g/mol. The Kier molecular flexibility index (Phi) is 4.75. The van der Waals surface area contributed by atoms with Crippen molar-refractivity contribution in [2.24, 2.45) is 7.05 Å². The van der Waals surface area contributed by atoms with Crippen molar-refractivity contribution in [1.82, 2.24) is 19.7 Å². The maximum Gasteiger partial charge on any atom is 0.262 e. The summed E-state index contributed by atoms with van der Waals surface area (Å²) in [7, 11) is 1.79. The van der Waals surface area contributed by atoms with E-state index in [0.29, 0.717) is 16.9 Å². The van der Waals surface area contributed by atoms with Crippen molar-refractivity contribution >= 4 is 33.3 Å². The Bertz CT molecular complexity index is 1240. The third kappa shape index (κ3) is 3.30. The highest BCUT2D eigenvalue weighted by molar-refractivity contribution is 7.99. The maximum absolute atomic E-state index is 13.1. The zero-order valence-electron chi connectivity index (χ0n) is 16.2. The molecule has 1 aliphatic rings. The number of aromatic nitrogens is 4. The van der Waals surface area contributed by atoms with Crippen LogP contribution in [0, 0.1) is 0 Å². The lowest BCUT2D eigenvalue weighted by atomic mass is 9.97. The molecular formula is C21H20N4O2S2. The number of fused-ring (bicyclic) bond motifs is 3. The van der Waals surface area contributed by atoms with Gasteiger partial charge in [0.05, 0.1) is 10.6 Å². The maximum atomic E-state index is 13.1. The summed E-state index contributed by atoms with van der Waals surface area (Å²) < 4.78 is 7.13. The second kappa shape index (κ2) is 7.42. The lowest BCUT2D eigenvalue weighted by Crippen LogP contribution is -2.20. The van der Waals surface area contributed by atoms with Gasteiger partial charge in [0.15, 0.2) is 5.16 Å². The summed E-state index contributed by atoms with van der Waals surface area (Å²) in [5.74, 6) is 1.09. The third-order valence-electron chi connectivity index (χ3n) is 5.26. The molecule has 148 valence electrons. The second-order valence-electron chi connectivity index (χ2n) is 7.23. The Morgan fingerprint density at radius 3 is 2.79 bits per heavy atom. The van der Waals surface area contributed by atoms with Crippen molar-refractivity contribution in [1.29, 1.82) is 0 Å². The molecule has 0 fully saturated rings. The number of thiophene rings is 1. The van der Waals surface area contributed by atoms with E-state index in [9.17, 15) is 4.79 Å². The molecule has 0 bridgehead atoms. The fourth-order valence-corrected chi connectivity index (χ4v) is 5.89. The highest BCUT2D eigenvalue weighted by Crippen LogP contribution is 2.37. The van der Waals surface area contributed by atoms with Crippen LogP contribution >= 0.6 is 23.1 Å². The van der Waals surface area contributed by atoms with Crippen molar-refractivity contribution < 1.29 is 4.52 Å². The van der Waals surface area contributed by atoms with Gasteiger partial charge in [-0.25, -0.2) is 4.98 Å². The number of aryl methyl sites for hydroxylation is 2. The first kappa shape index (κ1) is 18.6. The number of hydrogen-bond acceptors (Lipinski definition) is 7.